The number of oxazole rings is 2. The van der Waals surface area contributed by atoms with Crippen molar-refractivity contribution < 1.29 is 8.83 Å². The Labute approximate surface area is 108 Å². The monoisotopic (exact) mass is 259 g/mol. The summed E-state index contributed by atoms with van der Waals surface area (Å²) in [5, 5.41) is 0. The number of rotatable bonds is 2. The van der Waals surface area contributed by atoms with Gasteiger partial charge in [-0.15, -0.1) is 0 Å². The number of hydrogen-bond acceptors (Lipinski definition) is 5. The van der Waals surface area contributed by atoms with E-state index in [2.05, 4.69) is 4.98 Å². The Hall–Kier alpha value is -2.50. The molecule has 1 aromatic carbocycles. The molecular formula is C13H13N3O3. The summed E-state index contributed by atoms with van der Waals surface area (Å²) in [6.07, 6.45) is 0.721. The second-order valence-electron chi connectivity index (χ2n) is 4.29. The molecule has 2 heterocycles. The minimum absolute atomic E-state index is 0.146. The second kappa shape index (κ2) is 4.01. The lowest BCUT2D eigenvalue weighted by atomic mass is 10.1. The molecule has 0 radical (unpaired) electrons. The van der Waals surface area contributed by atoms with E-state index in [4.69, 9.17) is 14.6 Å². The van der Waals surface area contributed by atoms with Gasteiger partial charge in [-0.25, -0.2) is 4.79 Å². The zero-order chi connectivity index (χ0) is 13.6. The summed E-state index contributed by atoms with van der Waals surface area (Å²) >= 11 is 0. The van der Waals surface area contributed by atoms with Crippen molar-refractivity contribution in [3.05, 3.63) is 34.4 Å². The summed E-state index contributed by atoms with van der Waals surface area (Å²) < 4.78 is 12.0. The van der Waals surface area contributed by atoms with E-state index in [0.717, 1.165) is 17.7 Å². The van der Waals surface area contributed by atoms with Crippen molar-refractivity contribution in [2.75, 3.05) is 5.73 Å². The van der Waals surface area contributed by atoms with Gasteiger partial charge in [0.25, 0.3) is 6.01 Å². The molecule has 0 amide bonds. The molecule has 0 fully saturated rings. The molecule has 0 unspecified atom stereocenters. The predicted molar refractivity (Wildman–Crippen MR) is 70.7 cm³/mol. The minimum atomic E-state index is -0.389. The summed E-state index contributed by atoms with van der Waals surface area (Å²) in [6.45, 7) is 1.98. The van der Waals surface area contributed by atoms with Crippen LogP contribution in [-0.4, -0.2) is 9.55 Å². The highest BCUT2D eigenvalue weighted by Crippen LogP contribution is 2.28. The van der Waals surface area contributed by atoms with E-state index in [1.165, 1.54) is 4.57 Å². The molecule has 0 aliphatic carbocycles. The van der Waals surface area contributed by atoms with Crippen LogP contribution in [0.25, 0.3) is 22.4 Å². The third-order valence-electron chi connectivity index (χ3n) is 3.10. The first-order chi connectivity index (χ1) is 9.10. The summed E-state index contributed by atoms with van der Waals surface area (Å²) in [5.74, 6) is 0.246. The number of aryl methyl sites for hydroxylation is 2. The minimum Gasteiger partial charge on any atom is -0.423 e. The maximum atomic E-state index is 11.5. The number of nitrogens with two attached hydrogens (primary N) is 1. The van der Waals surface area contributed by atoms with E-state index < -0.39 is 0 Å². The molecule has 0 aliphatic heterocycles. The van der Waals surface area contributed by atoms with Crippen LogP contribution in [0.5, 0.6) is 0 Å². The van der Waals surface area contributed by atoms with E-state index in [9.17, 15) is 4.79 Å². The fourth-order valence-corrected chi connectivity index (χ4v) is 2.10. The van der Waals surface area contributed by atoms with Gasteiger partial charge in [-0.1, -0.05) is 6.92 Å². The van der Waals surface area contributed by atoms with Gasteiger partial charge >= 0.3 is 5.76 Å². The Morgan fingerprint density at radius 1 is 1.37 bits per heavy atom. The summed E-state index contributed by atoms with van der Waals surface area (Å²) in [4.78, 5) is 15.6. The highest BCUT2D eigenvalue weighted by molar-refractivity contribution is 5.79. The van der Waals surface area contributed by atoms with Gasteiger partial charge in [0.05, 0.1) is 11.2 Å². The Bertz CT molecular complexity index is 810. The van der Waals surface area contributed by atoms with Gasteiger partial charge in [-0.05, 0) is 24.6 Å². The zero-order valence-electron chi connectivity index (χ0n) is 10.6. The molecular weight excluding hydrogens is 246 g/mol. The van der Waals surface area contributed by atoms with Gasteiger partial charge in [0.1, 0.15) is 0 Å². The van der Waals surface area contributed by atoms with Crippen molar-refractivity contribution >= 4 is 17.1 Å². The molecule has 0 bridgehead atoms. The maximum Gasteiger partial charge on any atom is 0.419 e. The first kappa shape index (κ1) is 11.6. The van der Waals surface area contributed by atoms with Crippen LogP contribution < -0.4 is 11.5 Å². The second-order valence-corrected chi connectivity index (χ2v) is 4.29. The van der Waals surface area contributed by atoms with E-state index in [0.29, 0.717) is 16.9 Å². The van der Waals surface area contributed by atoms with Crippen LogP contribution in [0.15, 0.2) is 31.8 Å². The molecule has 3 aromatic rings. The fourth-order valence-electron chi connectivity index (χ4n) is 2.10. The summed E-state index contributed by atoms with van der Waals surface area (Å²) in [6, 6.07) is 5.54. The lowest BCUT2D eigenvalue weighted by Crippen LogP contribution is -2.08. The normalized spacial score (nSPS) is 11.3. The number of hydrogen-bond donors (Lipinski definition) is 1. The maximum absolute atomic E-state index is 11.5. The molecule has 6 heteroatoms. The molecule has 0 aliphatic rings. The average Bonchev–Trinajstić information content (AvgIpc) is 2.91. The molecule has 0 saturated heterocycles. The van der Waals surface area contributed by atoms with Gasteiger partial charge < -0.3 is 14.6 Å². The molecule has 19 heavy (non-hydrogen) atoms. The number of nitrogens with zero attached hydrogens (tertiary/aromatic N) is 2. The number of nitrogen functional groups attached to an aromatic ring is 1. The Morgan fingerprint density at radius 3 is 2.89 bits per heavy atom. The summed E-state index contributed by atoms with van der Waals surface area (Å²) in [7, 11) is 1.66. The van der Waals surface area contributed by atoms with Crippen molar-refractivity contribution in [1.29, 1.82) is 0 Å². The molecule has 0 saturated carbocycles. The van der Waals surface area contributed by atoms with Crippen LogP contribution in [0, 0.1) is 0 Å². The largest absolute Gasteiger partial charge is 0.423 e. The van der Waals surface area contributed by atoms with Crippen LogP contribution in [0.2, 0.25) is 0 Å². The molecule has 0 spiro atoms. The van der Waals surface area contributed by atoms with Gasteiger partial charge in [-0.2, -0.15) is 4.98 Å². The van der Waals surface area contributed by atoms with Crippen molar-refractivity contribution in [1.82, 2.24) is 9.55 Å². The average molecular weight is 259 g/mol. The molecule has 2 N–H and O–H groups in total. The van der Waals surface area contributed by atoms with Gasteiger partial charge in [0.2, 0.25) is 0 Å². The molecule has 98 valence electrons. The van der Waals surface area contributed by atoms with E-state index in [1.807, 2.05) is 19.1 Å². The lowest BCUT2D eigenvalue weighted by molar-refractivity contribution is 0.528. The molecule has 3 rings (SSSR count). The summed E-state index contributed by atoms with van der Waals surface area (Å²) in [5.41, 5.74) is 8.46. The van der Waals surface area contributed by atoms with Crippen molar-refractivity contribution in [3.63, 3.8) is 0 Å². The van der Waals surface area contributed by atoms with Gasteiger partial charge in [-0.3, -0.25) is 4.57 Å². The highest BCUT2D eigenvalue weighted by atomic mass is 16.4. The van der Waals surface area contributed by atoms with Gasteiger partial charge in [0.15, 0.2) is 11.3 Å². The quantitative estimate of drug-likeness (QED) is 0.759. The van der Waals surface area contributed by atoms with Crippen LogP contribution in [0.3, 0.4) is 0 Å². The van der Waals surface area contributed by atoms with Crippen molar-refractivity contribution in [2.45, 2.75) is 13.3 Å². The Morgan fingerprint density at radius 2 is 2.16 bits per heavy atom. The van der Waals surface area contributed by atoms with E-state index in [-0.39, 0.29) is 11.8 Å². The number of aromatic nitrogens is 2. The standard InChI is InChI=1S/C13H13N3O3/c1-3-8-11(19-12(14)15-8)7-4-5-10-9(6-7)16(2)13(17)18-10/h4-6H,3H2,1-2H3,(H2,14,15). The van der Waals surface area contributed by atoms with E-state index >= 15 is 0 Å². The number of benzene rings is 1. The lowest BCUT2D eigenvalue weighted by Gasteiger charge is -1.99. The predicted octanol–water partition coefficient (Wildman–Crippen LogP) is 1.93. The third-order valence-corrected chi connectivity index (χ3v) is 3.10. The first-order valence-corrected chi connectivity index (χ1v) is 5.95. The first-order valence-electron chi connectivity index (χ1n) is 5.95. The Kier molecular flexibility index (Phi) is 2.45. The zero-order valence-corrected chi connectivity index (χ0v) is 10.6. The van der Waals surface area contributed by atoms with Crippen LogP contribution in [0.4, 0.5) is 6.01 Å². The number of anilines is 1. The smallest absolute Gasteiger partial charge is 0.419 e. The van der Waals surface area contributed by atoms with E-state index in [1.54, 1.807) is 13.1 Å². The van der Waals surface area contributed by atoms with Crippen LogP contribution in [-0.2, 0) is 13.5 Å². The molecule has 6 nitrogen and oxygen atoms in total. The SMILES string of the molecule is CCc1nc(N)oc1-c1ccc2oc(=O)n(C)c2c1. The topological polar surface area (TPSA) is 87.2 Å². The van der Waals surface area contributed by atoms with Crippen molar-refractivity contribution in [3.8, 4) is 11.3 Å². The molecule has 2 aromatic heterocycles. The third kappa shape index (κ3) is 1.72. The van der Waals surface area contributed by atoms with Crippen LogP contribution in [0.1, 0.15) is 12.6 Å². The van der Waals surface area contributed by atoms with Crippen molar-refractivity contribution in [2.24, 2.45) is 7.05 Å². The fraction of sp³-hybridized carbons (Fsp3) is 0.231. The number of fused-ring (bicyclic) bond motifs is 1. The Balaban J connectivity index is 2.25. The van der Waals surface area contributed by atoms with Gasteiger partial charge in [0, 0.05) is 12.6 Å². The highest BCUT2D eigenvalue weighted by Gasteiger charge is 2.14. The molecule has 0 atom stereocenters. The van der Waals surface area contributed by atoms with Crippen LogP contribution >= 0.6 is 0 Å².